The summed E-state index contributed by atoms with van der Waals surface area (Å²) in [6, 6.07) is 2.70. The number of carbonyl (C=O) groups is 1. The minimum atomic E-state index is -4.07. The Kier molecular flexibility index (Phi) is 4.60. The first-order valence-electron chi connectivity index (χ1n) is 6.50. The molecule has 1 aliphatic rings. The van der Waals surface area contributed by atoms with Crippen LogP contribution in [0.4, 0.5) is 4.39 Å². The molecule has 1 aliphatic heterocycles. The van der Waals surface area contributed by atoms with E-state index in [1.165, 1.54) is 0 Å². The second kappa shape index (κ2) is 6.08. The van der Waals surface area contributed by atoms with E-state index in [1.54, 1.807) is 0 Å². The third-order valence-corrected chi connectivity index (χ3v) is 5.54. The molecule has 6 nitrogen and oxygen atoms in total. The maximum Gasteiger partial charge on any atom is 0.335 e. The van der Waals surface area contributed by atoms with E-state index in [2.05, 4.69) is 0 Å². The van der Waals surface area contributed by atoms with Gasteiger partial charge in [0.05, 0.1) is 5.56 Å². The first kappa shape index (κ1) is 15.9. The number of aliphatic hydroxyl groups excluding tert-OH is 1. The molecule has 0 atom stereocenters. The van der Waals surface area contributed by atoms with Crippen LogP contribution in [-0.2, 0) is 10.0 Å². The zero-order valence-corrected chi connectivity index (χ0v) is 12.0. The molecule has 8 heteroatoms. The number of carboxylic acid groups (broad SMARTS) is 1. The van der Waals surface area contributed by atoms with Crippen LogP contribution in [0.15, 0.2) is 23.1 Å². The molecule has 1 aromatic carbocycles. The monoisotopic (exact) mass is 317 g/mol. The van der Waals surface area contributed by atoms with Crippen molar-refractivity contribution >= 4 is 16.0 Å². The summed E-state index contributed by atoms with van der Waals surface area (Å²) in [5, 5.41) is 17.9. The molecule has 0 spiro atoms. The average molecular weight is 317 g/mol. The molecule has 0 aromatic heterocycles. The highest BCUT2D eigenvalue weighted by atomic mass is 32.2. The second-order valence-corrected chi connectivity index (χ2v) is 6.89. The number of halogens is 1. The van der Waals surface area contributed by atoms with Crippen molar-refractivity contribution in [2.24, 2.45) is 5.92 Å². The van der Waals surface area contributed by atoms with Crippen LogP contribution in [0.1, 0.15) is 23.2 Å². The van der Waals surface area contributed by atoms with E-state index in [9.17, 15) is 17.6 Å². The summed E-state index contributed by atoms with van der Waals surface area (Å²) in [4.78, 5) is 10.3. The van der Waals surface area contributed by atoms with Crippen molar-refractivity contribution in [2.45, 2.75) is 17.7 Å². The topological polar surface area (TPSA) is 94.9 Å². The number of hydrogen-bond acceptors (Lipinski definition) is 4. The second-order valence-electron chi connectivity index (χ2n) is 4.98. The number of sulfonamides is 1. The number of rotatable bonds is 4. The number of nitrogens with zero attached hydrogens (tertiary/aromatic N) is 1. The molecule has 0 amide bonds. The number of hydrogen-bond donors (Lipinski definition) is 2. The third-order valence-electron chi connectivity index (χ3n) is 3.63. The van der Waals surface area contributed by atoms with Gasteiger partial charge in [-0.15, -0.1) is 0 Å². The van der Waals surface area contributed by atoms with Crippen molar-refractivity contribution in [3.8, 4) is 0 Å². The number of carboxylic acids is 1. The molecule has 21 heavy (non-hydrogen) atoms. The molecule has 1 aromatic rings. The standard InChI is InChI=1S/C13H16FNO5S/c14-11-2-1-10(13(17)18)7-12(11)21(19,20)15-5-3-9(8-16)4-6-15/h1-2,7,9,16H,3-6,8H2,(H,17,18). The SMILES string of the molecule is O=C(O)c1ccc(F)c(S(=O)(=O)N2CCC(CO)CC2)c1. The van der Waals surface area contributed by atoms with Crippen molar-refractivity contribution in [3.05, 3.63) is 29.6 Å². The van der Waals surface area contributed by atoms with Gasteiger partial charge in [0.25, 0.3) is 0 Å². The van der Waals surface area contributed by atoms with Gasteiger partial charge in [0, 0.05) is 19.7 Å². The van der Waals surface area contributed by atoms with Gasteiger partial charge in [-0.1, -0.05) is 0 Å². The van der Waals surface area contributed by atoms with Crippen molar-refractivity contribution in [2.75, 3.05) is 19.7 Å². The minimum Gasteiger partial charge on any atom is -0.478 e. The van der Waals surface area contributed by atoms with Gasteiger partial charge in [-0.05, 0) is 37.0 Å². The molecule has 2 N–H and O–H groups in total. The lowest BCUT2D eigenvalue weighted by molar-refractivity contribution is 0.0696. The quantitative estimate of drug-likeness (QED) is 0.861. The van der Waals surface area contributed by atoms with Gasteiger partial charge in [-0.25, -0.2) is 17.6 Å². The summed E-state index contributed by atoms with van der Waals surface area (Å²) < 4.78 is 39.7. The zero-order chi connectivity index (χ0) is 15.6. The Bertz CT molecular complexity index is 638. The highest BCUT2D eigenvalue weighted by Crippen LogP contribution is 2.25. The molecular formula is C13H16FNO5S. The van der Waals surface area contributed by atoms with Crippen LogP contribution >= 0.6 is 0 Å². The van der Waals surface area contributed by atoms with Crippen LogP contribution < -0.4 is 0 Å². The molecule has 0 bridgehead atoms. The fourth-order valence-electron chi connectivity index (χ4n) is 2.31. The Balaban J connectivity index is 2.32. The van der Waals surface area contributed by atoms with Crippen LogP contribution in [0.2, 0.25) is 0 Å². The van der Waals surface area contributed by atoms with Gasteiger partial charge in [0.2, 0.25) is 10.0 Å². The van der Waals surface area contributed by atoms with E-state index in [0.717, 1.165) is 22.5 Å². The summed E-state index contributed by atoms with van der Waals surface area (Å²) >= 11 is 0. The molecule has 0 radical (unpaired) electrons. The van der Waals surface area contributed by atoms with Crippen LogP contribution in [-0.4, -0.2) is 48.6 Å². The number of aliphatic hydroxyl groups is 1. The van der Waals surface area contributed by atoms with E-state index < -0.39 is 26.7 Å². The number of piperidine rings is 1. The fourth-order valence-corrected chi connectivity index (χ4v) is 3.87. The van der Waals surface area contributed by atoms with Crippen molar-refractivity contribution in [1.29, 1.82) is 0 Å². The summed E-state index contributed by atoms with van der Waals surface area (Å²) in [5.41, 5.74) is -0.278. The summed E-state index contributed by atoms with van der Waals surface area (Å²) in [6.45, 7) is 0.366. The molecule has 0 unspecified atom stereocenters. The smallest absolute Gasteiger partial charge is 0.335 e. The molecule has 1 heterocycles. The lowest BCUT2D eigenvalue weighted by Crippen LogP contribution is -2.39. The Labute approximate surface area is 121 Å². The Hall–Kier alpha value is -1.51. The summed E-state index contributed by atoms with van der Waals surface area (Å²) in [5.74, 6) is -2.23. The lowest BCUT2D eigenvalue weighted by atomic mass is 10.00. The van der Waals surface area contributed by atoms with Gasteiger partial charge >= 0.3 is 5.97 Å². The molecule has 1 fully saturated rings. The Morgan fingerprint density at radius 3 is 2.48 bits per heavy atom. The summed E-state index contributed by atoms with van der Waals surface area (Å²) in [6.07, 6.45) is 0.992. The molecular weight excluding hydrogens is 301 g/mol. The van der Waals surface area contributed by atoms with Crippen LogP contribution in [0.3, 0.4) is 0 Å². The first-order chi connectivity index (χ1) is 9.86. The van der Waals surface area contributed by atoms with E-state index in [4.69, 9.17) is 10.2 Å². The molecule has 0 saturated carbocycles. The molecule has 0 aliphatic carbocycles. The van der Waals surface area contributed by atoms with Crippen LogP contribution in [0.25, 0.3) is 0 Å². The zero-order valence-electron chi connectivity index (χ0n) is 11.2. The number of benzene rings is 1. The highest BCUT2D eigenvalue weighted by molar-refractivity contribution is 7.89. The van der Waals surface area contributed by atoms with Gasteiger partial charge < -0.3 is 10.2 Å². The highest BCUT2D eigenvalue weighted by Gasteiger charge is 2.31. The fraction of sp³-hybridized carbons (Fsp3) is 0.462. The third kappa shape index (κ3) is 3.22. The largest absolute Gasteiger partial charge is 0.478 e. The lowest BCUT2D eigenvalue weighted by Gasteiger charge is -2.30. The first-order valence-corrected chi connectivity index (χ1v) is 7.94. The van der Waals surface area contributed by atoms with E-state index in [1.807, 2.05) is 0 Å². The Morgan fingerprint density at radius 2 is 1.95 bits per heavy atom. The van der Waals surface area contributed by atoms with E-state index in [0.29, 0.717) is 12.8 Å². The number of aromatic carboxylic acids is 1. The van der Waals surface area contributed by atoms with Crippen molar-refractivity contribution in [3.63, 3.8) is 0 Å². The predicted molar refractivity (Wildman–Crippen MR) is 71.9 cm³/mol. The summed E-state index contributed by atoms with van der Waals surface area (Å²) in [7, 11) is -4.07. The van der Waals surface area contributed by atoms with E-state index >= 15 is 0 Å². The van der Waals surface area contributed by atoms with E-state index in [-0.39, 0.29) is 31.2 Å². The minimum absolute atomic E-state index is 0.00323. The van der Waals surface area contributed by atoms with Crippen LogP contribution in [0.5, 0.6) is 0 Å². The molecule has 116 valence electrons. The molecule has 1 saturated heterocycles. The van der Waals surface area contributed by atoms with Gasteiger partial charge in [-0.3, -0.25) is 0 Å². The maximum atomic E-state index is 13.8. The van der Waals surface area contributed by atoms with Gasteiger partial charge in [-0.2, -0.15) is 4.31 Å². The van der Waals surface area contributed by atoms with Crippen molar-refractivity contribution < 1.29 is 27.8 Å². The van der Waals surface area contributed by atoms with Crippen LogP contribution in [0, 0.1) is 11.7 Å². The van der Waals surface area contributed by atoms with Gasteiger partial charge in [0.15, 0.2) is 0 Å². The normalized spacial score (nSPS) is 17.8. The maximum absolute atomic E-state index is 13.8. The average Bonchev–Trinajstić information content (AvgIpc) is 2.47. The predicted octanol–water partition coefficient (Wildman–Crippen LogP) is 0.917. The van der Waals surface area contributed by atoms with Gasteiger partial charge in [0.1, 0.15) is 10.7 Å². The molecule has 2 rings (SSSR count). The van der Waals surface area contributed by atoms with Crippen molar-refractivity contribution in [1.82, 2.24) is 4.31 Å². The Morgan fingerprint density at radius 1 is 1.33 bits per heavy atom.